The number of carbonyl (C=O) groups is 1. The van der Waals surface area contributed by atoms with Crippen molar-refractivity contribution in [2.45, 2.75) is 38.4 Å². The molecule has 1 aliphatic rings. The second kappa shape index (κ2) is 6.93. The van der Waals surface area contributed by atoms with Gasteiger partial charge in [-0.05, 0) is 42.9 Å². The van der Waals surface area contributed by atoms with Gasteiger partial charge in [0.15, 0.2) is 5.69 Å². The number of hydrogen-bond donors (Lipinski definition) is 1. The molecule has 3 rings (SSSR count). The summed E-state index contributed by atoms with van der Waals surface area (Å²) in [5.74, 6) is -0.848. The maximum atomic E-state index is 13.3. The van der Waals surface area contributed by atoms with Crippen LogP contribution in [0.4, 0.5) is 13.2 Å². The third kappa shape index (κ3) is 3.49. The van der Waals surface area contributed by atoms with Crippen molar-refractivity contribution in [3.8, 4) is 6.01 Å². The van der Waals surface area contributed by atoms with E-state index < -0.39 is 29.4 Å². The summed E-state index contributed by atoms with van der Waals surface area (Å²) >= 11 is 0. The number of aromatic nitrogens is 2. The molecular formula is C18H18F3N3O2. The zero-order valence-corrected chi connectivity index (χ0v) is 14.4. The number of fused-ring (bicyclic) bond motifs is 1. The van der Waals surface area contributed by atoms with Gasteiger partial charge in [0, 0.05) is 6.20 Å². The van der Waals surface area contributed by atoms with Crippen LogP contribution < -0.4 is 10.1 Å². The van der Waals surface area contributed by atoms with Gasteiger partial charge in [-0.25, -0.2) is 4.98 Å². The summed E-state index contributed by atoms with van der Waals surface area (Å²) in [7, 11) is 1.16. The first kappa shape index (κ1) is 18.2. The summed E-state index contributed by atoms with van der Waals surface area (Å²) < 4.78 is 44.4. The van der Waals surface area contributed by atoms with E-state index >= 15 is 0 Å². The molecule has 26 heavy (non-hydrogen) atoms. The van der Waals surface area contributed by atoms with Gasteiger partial charge in [0.2, 0.25) is 0 Å². The Hall–Kier alpha value is -2.64. The number of carbonyl (C=O) groups excluding carboxylic acids is 1. The fourth-order valence-electron chi connectivity index (χ4n) is 3.26. The normalized spacial score (nSPS) is 16.7. The van der Waals surface area contributed by atoms with E-state index in [0.717, 1.165) is 42.8 Å². The van der Waals surface area contributed by atoms with E-state index in [1.54, 1.807) is 0 Å². The molecule has 1 N–H and O–H groups in total. The number of benzene rings is 1. The standard InChI is InChI=1S/C18H18F3N3O2/c1-10-5-3-7-12-11(10)6-4-8-14(12)23-16(25)13-9-22-17(26-2)24-15(13)18(19,20)21/h3,5,7,9,14H,4,6,8H2,1-2H3,(H,23,25). The van der Waals surface area contributed by atoms with E-state index in [0.29, 0.717) is 6.42 Å². The van der Waals surface area contributed by atoms with Gasteiger partial charge >= 0.3 is 12.2 Å². The minimum absolute atomic E-state index is 0.339. The Morgan fingerprint density at radius 1 is 1.35 bits per heavy atom. The Balaban J connectivity index is 1.92. The highest BCUT2D eigenvalue weighted by Crippen LogP contribution is 2.34. The zero-order chi connectivity index (χ0) is 18.9. The molecule has 1 amide bonds. The highest BCUT2D eigenvalue weighted by molar-refractivity contribution is 5.95. The Morgan fingerprint density at radius 3 is 2.81 bits per heavy atom. The van der Waals surface area contributed by atoms with Crippen molar-refractivity contribution in [2.24, 2.45) is 0 Å². The summed E-state index contributed by atoms with van der Waals surface area (Å²) in [4.78, 5) is 19.5. The van der Waals surface area contributed by atoms with Crippen LogP contribution in [0.1, 0.15) is 51.6 Å². The average molecular weight is 365 g/mol. The molecule has 1 heterocycles. The molecule has 0 fully saturated rings. The molecule has 0 radical (unpaired) electrons. The Morgan fingerprint density at radius 2 is 2.12 bits per heavy atom. The molecule has 8 heteroatoms. The van der Waals surface area contributed by atoms with Crippen LogP contribution in [0.25, 0.3) is 0 Å². The number of rotatable bonds is 3. The smallest absolute Gasteiger partial charge is 0.434 e. The lowest BCUT2D eigenvalue weighted by Crippen LogP contribution is -2.33. The molecule has 1 atom stereocenters. The van der Waals surface area contributed by atoms with Gasteiger partial charge in [0.05, 0.1) is 18.7 Å². The van der Waals surface area contributed by atoms with Gasteiger partial charge < -0.3 is 10.1 Å². The molecule has 0 spiro atoms. The second-order valence-corrected chi connectivity index (χ2v) is 6.18. The van der Waals surface area contributed by atoms with Crippen LogP contribution in [0.15, 0.2) is 24.4 Å². The fourth-order valence-corrected chi connectivity index (χ4v) is 3.26. The third-order valence-corrected chi connectivity index (χ3v) is 4.51. The first-order chi connectivity index (χ1) is 12.3. The highest BCUT2D eigenvalue weighted by atomic mass is 19.4. The molecule has 0 saturated heterocycles. The number of hydrogen-bond acceptors (Lipinski definition) is 4. The Kier molecular flexibility index (Phi) is 4.84. The third-order valence-electron chi connectivity index (χ3n) is 4.51. The number of nitrogens with zero attached hydrogens (tertiary/aromatic N) is 2. The molecule has 0 aliphatic heterocycles. The summed E-state index contributed by atoms with van der Waals surface area (Å²) in [5.41, 5.74) is 1.30. The van der Waals surface area contributed by atoms with Crippen molar-refractivity contribution in [1.82, 2.24) is 15.3 Å². The molecule has 2 aromatic rings. The summed E-state index contributed by atoms with van der Waals surface area (Å²) in [6.45, 7) is 1.99. The number of methoxy groups -OCH3 is 1. The van der Waals surface area contributed by atoms with Crippen LogP contribution in [0.5, 0.6) is 6.01 Å². The molecule has 138 valence electrons. The van der Waals surface area contributed by atoms with Crippen molar-refractivity contribution in [2.75, 3.05) is 7.11 Å². The number of amides is 1. The summed E-state index contributed by atoms with van der Waals surface area (Å²) in [5, 5.41) is 2.71. The maximum Gasteiger partial charge on any atom is 0.434 e. The molecule has 5 nitrogen and oxygen atoms in total. The van der Waals surface area contributed by atoms with Crippen LogP contribution in [0, 0.1) is 6.92 Å². The number of aryl methyl sites for hydroxylation is 1. The van der Waals surface area contributed by atoms with Crippen LogP contribution in [-0.2, 0) is 12.6 Å². The van der Waals surface area contributed by atoms with Gasteiger partial charge in [-0.3, -0.25) is 4.79 Å². The van der Waals surface area contributed by atoms with E-state index in [9.17, 15) is 18.0 Å². The van der Waals surface area contributed by atoms with E-state index in [1.165, 1.54) is 0 Å². The Bertz CT molecular complexity index is 837. The van der Waals surface area contributed by atoms with E-state index in [4.69, 9.17) is 0 Å². The summed E-state index contributed by atoms with van der Waals surface area (Å²) in [6, 6.07) is 5.00. The van der Waals surface area contributed by atoms with Crippen molar-refractivity contribution >= 4 is 5.91 Å². The predicted molar refractivity (Wildman–Crippen MR) is 87.9 cm³/mol. The lowest BCUT2D eigenvalue weighted by Gasteiger charge is -2.28. The van der Waals surface area contributed by atoms with Crippen LogP contribution >= 0.6 is 0 Å². The molecular weight excluding hydrogens is 347 g/mol. The van der Waals surface area contributed by atoms with Crippen LogP contribution in [0.3, 0.4) is 0 Å². The van der Waals surface area contributed by atoms with Gasteiger partial charge in [-0.1, -0.05) is 18.2 Å². The fraction of sp³-hybridized carbons (Fsp3) is 0.389. The van der Waals surface area contributed by atoms with Gasteiger partial charge in [0.25, 0.3) is 5.91 Å². The van der Waals surface area contributed by atoms with Gasteiger partial charge in [0.1, 0.15) is 0 Å². The van der Waals surface area contributed by atoms with E-state index in [-0.39, 0.29) is 6.04 Å². The number of ether oxygens (including phenoxy) is 1. The van der Waals surface area contributed by atoms with Crippen LogP contribution in [-0.4, -0.2) is 23.0 Å². The lowest BCUT2D eigenvalue weighted by atomic mass is 9.85. The van der Waals surface area contributed by atoms with E-state index in [1.807, 2.05) is 25.1 Å². The van der Waals surface area contributed by atoms with Crippen LogP contribution in [0.2, 0.25) is 0 Å². The molecule has 1 unspecified atom stereocenters. The molecule has 0 bridgehead atoms. The first-order valence-electron chi connectivity index (χ1n) is 8.18. The maximum absolute atomic E-state index is 13.3. The second-order valence-electron chi connectivity index (χ2n) is 6.18. The topological polar surface area (TPSA) is 64.1 Å². The van der Waals surface area contributed by atoms with Crippen molar-refractivity contribution in [1.29, 1.82) is 0 Å². The highest BCUT2D eigenvalue weighted by Gasteiger charge is 2.39. The SMILES string of the molecule is COc1ncc(C(=O)NC2CCCc3c(C)cccc32)c(C(F)(F)F)n1. The first-order valence-corrected chi connectivity index (χ1v) is 8.18. The van der Waals surface area contributed by atoms with Crippen molar-refractivity contribution < 1.29 is 22.7 Å². The quantitative estimate of drug-likeness (QED) is 0.902. The summed E-state index contributed by atoms with van der Waals surface area (Å²) in [6.07, 6.45) is -1.52. The number of halogens is 3. The van der Waals surface area contributed by atoms with Crippen molar-refractivity contribution in [3.05, 3.63) is 52.3 Å². The van der Waals surface area contributed by atoms with Crippen molar-refractivity contribution in [3.63, 3.8) is 0 Å². The molecule has 1 aromatic heterocycles. The average Bonchev–Trinajstić information content (AvgIpc) is 2.61. The number of alkyl halides is 3. The lowest BCUT2D eigenvalue weighted by molar-refractivity contribution is -0.141. The molecule has 1 aromatic carbocycles. The molecule has 0 saturated carbocycles. The minimum atomic E-state index is -4.79. The monoisotopic (exact) mass is 365 g/mol. The number of nitrogens with one attached hydrogen (secondary N) is 1. The van der Waals surface area contributed by atoms with E-state index in [2.05, 4.69) is 20.0 Å². The zero-order valence-electron chi connectivity index (χ0n) is 14.4. The van der Waals surface area contributed by atoms with Gasteiger partial charge in [-0.2, -0.15) is 18.2 Å². The van der Waals surface area contributed by atoms with Gasteiger partial charge in [-0.15, -0.1) is 0 Å². The predicted octanol–water partition coefficient (Wildman–Crippen LogP) is 3.62. The molecule has 1 aliphatic carbocycles. The minimum Gasteiger partial charge on any atom is -0.467 e. The Labute approximate surface area is 148 Å². The largest absolute Gasteiger partial charge is 0.467 e.